The maximum Gasteiger partial charge on any atom is 2.00 e. The minimum absolute atomic E-state index is 0. The number of unbranched alkanes of at least 4 members (excludes halogenated alkanes) is 18. The van der Waals surface area contributed by atoms with Gasteiger partial charge in [-0.1, -0.05) is 171 Å². The summed E-state index contributed by atoms with van der Waals surface area (Å²) in [5.41, 5.74) is 1.58. The largest absolute Gasteiger partial charge is 2.00 e. The predicted octanol–water partition coefficient (Wildman–Crippen LogP) is 12.4. The van der Waals surface area contributed by atoms with Crippen molar-refractivity contribution in [3.05, 3.63) is 96.1 Å². The van der Waals surface area contributed by atoms with Crippen molar-refractivity contribution >= 4 is 58.0 Å². The molecule has 0 unspecified atom stereocenters. The van der Waals surface area contributed by atoms with Crippen LogP contribution in [-0.2, 0) is 33.1 Å². The molecule has 61 heavy (non-hydrogen) atoms. The molecule has 332 valence electrons. The second-order valence-corrected chi connectivity index (χ2v) is 18.2. The molecule has 13 heteroatoms. The molecular formula is C48H66CaO10S2. The zero-order valence-corrected chi connectivity index (χ0v) is 40.2. The van der Waals surface area contributed by atoms with E-state index in [1.165, 1.54) is 151 Å². The van der Waals surface area contributed by atoms with Crippen molar-refractivity contribution in [3.8, 4) is 34.5 Å². The molecule has 0 amide bonds. The summed E-state index contributed by atoms with van der Waals surface area (Å²) in [5, 5.41) is 22.6. The van der Waals surface area contributed by atoms with E-state index in [0.29, 0.717) is 5.75 Å². The Balaban J connectivity index is 0.000000413. The molecule has 4 aromatic rings. The van der Waals surface area contributed by atoms with Crippen LogP contribution in [0.4, 0.5) is 0 Å². The molecule has 0 aliphatic heterocycles. The van der Waals surface area contributed by atoms with E-state index in [-0.39, 0.29) is 71.4 Å². The third kappa shape index (κ3) is 21.9. The van der Waals surface area contributed by atoms with Gasteiger partial charge in [0.15, 0.2) is 0 Å². The molecule has 0 saturated carbocycles. The van der Waals surface area contributed by atoms with Crippen LogP contribution in [0.5, 0.6) is 34.5 Å². The second kappa shape index (κ2) is 30.3. The van der Waals surface area contributed by atoms with E-state index in [1.807, 2.05) is 0 Å². The van der Waals surface area contributed by atoms with Gasteiger partial charge in [0.05, 0.1) is 4.90 Å². The van der Waals surface area contributed by atoms with E-state index in [9.17, 15) is 36.2 Å². The van der Waals surface area contributed by atoms with Gasteiger partial charge in [0.1, 0.15) is 43.8 Å². The van der Waals surface area contributed by atoms with Crippen LogP contribution in [0.1, 0.15) is 153 Å². The van der Waals surface area contributed by atoms with Crippen LogP contribution in [0.2, 0.25) is 0 Å². The van der Waals surface area contributed by atoms with E-state index in [1.54, 1.807) is 36.4 Å². The molecule has 0 radical (unpaired) electrons. The number of benzene rings is 4. The topological polar surface area (TPSA) is 173 Å². The summed E-state index contributed by atoms with van der Waals surface area (Å²) >= 11 is 0. The first kappa shape index (κ1) is 54.3. The van der Waals surface area contributed by atoms with Crippen molar-refractivity contribution in [3.63, 3.8) is 0 Å². The fourth-order valence-electron chi connectivity index (χ4n) is 6.97. The Hall–Kier alpha value is -2.84. The Labute approximate surface area is 396 Å². The summed E-state index contributed by atoms with van der Waals surface area (Å²) in [7, 11) is -9.04. The van der Waals surface area contributed by atoms with Crippen LogP contribution >= 0.6 is 0 Å². The van der Waals surface area contributed by atoms with Crippen LogP contribution in [-0.4, -0.2) is 68.8 Å². The molecule has 4 rings (SSSR count). The first-order valence-corrected chi connectivity index (χ1v) is 24.8. The van der Waals surface area contributed by atoms with Crippen LogP contribution in [0, 0.1) is 0 Å². The molecule has 0 fully saturated rings. The van der Waals surface area contributed by atoms with Crippen molar-refractivity contribution in [1.29, 1.82) is 0 Å². The smallest absolute Gasteiger partial charge is 0.872 e. The van der Waals surface area contributed by atoms with Gasteiger partial charge in [0.25, 0.3) is 10.1 Å². The van der Waals surface area contributed by atoms with E-state index in [2.05, 4.69) is 13.8 Å². The third-order valence-electron chi connectivity index (χ3n) is 10.4. The van der Waals surface area contributed by atoms with E-state index >= 15 is 0 Å². The summed E-state index contributed by atoms with van der Waals surface area (Å²) in [6.07, 6.45) is 26.7. The Morgan fingerprint density at radius 2 is 0.885 bits per heavy atom. The number of phenolic OH excluding ortho intramolecular Hbond substituents is 1. The first-order valence-electron chi connectivity index (χ1n) is 21.9. The van der Waals surface area contributed by atoms with Crippen molar-refractivity contribution in [1.82, 2.24) is 0 Å². The van der Waals surface area contributed by atoms with Gasteiger partial charge in [-0.3, -0.25) is 4.55 Å². The molecule has 0 aliphatic carbocycles. The average molecular weight is 907 g/mol. The fourth-order valence-corrected chi connectivity index (χ4v) is 8.19. The summed E-state index contributed by atoms with van der Waals surface area (Å²) in [5.74, 6) is 0.480. The molecule has 0 saturated heterocycles. The minimum Gasteiger partial charge on any atom is -0.872 e. The molecule has 0 aromatic heterocycles. The molecule has 0 heterocycles. The van der Waals surface area contributed by atoms with Gasteiger partial charge in [-0.05, 0) is 73.7 Å². The molecule has 10 nitrogen and oxygen atoms in total. The Morgan fingerprint density at radius 3 is 1.31 bits per heavy atom. The molecule has 2 N–H and O–H groups in total. The van der Waals surface area contributed by atoms with Gasteiger partial charge in [-0.25, -0.2) is 8.42 Å². The molecular weight excluding hydrogens is 841 g/mol. The number of para-hydroxylation sites is 2. The van der Waals surface area contributed by atoms with Gasteiger partial charge in [0.2, 0.25) is 0 Å². The van der Waals surface area contributed by atoms with Gasteiger partial charge in [-0.15, -0.1) is 5.75 Å². The average Bonchev–Trinajstić information content (AvgIpc) is 3.20. The summed E-state index contributed by atoms with van der Waals surface area (Å²) < 4.78 is 77.3. The fraction of sp³-hybridized carbons (Fsp3) is 0.500. The van der Waals surface area contributed by atoms with E-state index < -0.39 is 25.1 Å². The first-order chi connectivity index (χ1) is 28.8. The number of rotatable bonds is 28. The number of aromatic hydroxyl groups is 1. The van der Waals surface area contributed by atoms with Crippen molar-refractivity contribution in [2.75, 3.05) is 0 Å². The summed E-state index contributed by atoms with van der Waals surface area (Å²) in [6.45, 7) is 4.47. The number of hydrogen-bond donors (Lipinski definition) is 2. The maximum atomic E-state index is 12.3. The Kier molecular flexibility index (Phi) is 27.0. The number of ether oxygens (including phenoxy) is 2. The standard InChI is InChI=1S/2C24H34O5S.Ca/c2*1-2-3-4-5-6-7-8-9-10-11-14-20-17-18-21(19-22(20)25)29-23-15-12-13-16-24(23)30(26,27)28;/h2*12-13,15-19,25H,2-11,14H2,1H3,(H,26,27,28);/q;;+2/p-2. The minimum atomic E-state index is -4.65. The van der Waals surface area contributed by atoms with Gasteiger partial charge >= 0.3 is 37.7 Å². The zero-order chi connectivity index (χ0) is 43.6. The second-order valence-electron chi connectivity index (χ2n) is 15.5. The maximum absolute atomic E-state index is 12.3. The molecule has 4 aromatic carbocycles. The Morgan fingerprint density at radius 1 is 0.508 bits per heavy atom. The Bertz CT molecular complexity index is 1910. The SMILES string of the molecule is CCCCCCCCCCCCc1ccc(Oc2ccccc2S(=O)(=O)O)cc1O.CCCCCCCCCCCCc1ccc(Oc2ccccc2S(=O)(=O)[O-])cc1[O-].[Ca+2]. The van der Waals surface area contributed by atoms with Crippen LogP contribution < -0.4 is 14.6 Å². The molecule has 0 aliphatic rings. The van der Waals surface area contributed by atoms with E-state index in [0.717, 1.165) is 49.7 Å². The van der Waals surface area contributed by atoms with Crippen molar-refractivity contribution in [2.24, 2.45) is 0 Å². The van der Waals surface area contributed by atoms with Crippen LogP contribution in [0.15, 0.2) is 94.7 Å². The van der Waals surface area contributed by atoms with Crippen LogP contribution in [0.3, 0.4) is 0 Å². The molecule has 0 atom stereocenters. The number of phenols is 1. The quantitative estimate of drug-likeness (QED) is 0.0317. The zero-order valence-electron chi connectivity index (χ0n) is 36.3. The third-order valence-corrected chi connectivity index (χ3v) is 12.2. The van der Waals surface area contributed by atoms with Gasteiger partial charge in [-0.2, -0.15) is 8.42 Å². The van der Waals surface area contributed by atoms with E-state index in [4.69, 9.17) is 9.47 Å². The predicted molar refractivity (Wildman–Crippen MR) is 242 cm³/mol. The molecule has 0 spiro atoms. The number of aryl methyl sites for hydroxylation is 2. The molecule has 0 bridgehead atoms. The number of hydrogen-bond acceptors (Lipinski definition) is 9. The monoisotopic (exact) mass is 906 g/mol. The van der Waals surface area contributed by atoms with Gasteiger partial charge in [0, 0.05) is 6.07 Å². The summed E-state index contributed by atoms with van der Waals surface area (Å²) in [6, 6.07) is 21.1. The summed E-state index contributed by atoms with van der Waals surface area (Å²) in [4.78, 5) is -0.745. The van der Waals surface area contributed by atoms with Crippen LogP contribution in [0.25, 0.3) is 0 Å². The van der Waals surface area contributed by atoms with Crippen molar-refractivity contribution < 1.29 is 45.6 Å². The normalized spacial score (nSPS) is 11.3. The van der Waals surface area contributed by atoms with Gasteiger partial charge < -0.3 is 24.2 Å². The van der Waals surface area contributed by atoms with Crippen molar-refractivity contribution in [2.45, 2.75) is 165 Å².